The van der Waals surface area contributed by atoms with E-state index in [4.69, 9.17) is 10.2 Å². The Bertz CT molecular complexity index is 793. The first-order valence-electron chi connectivity index (χ1n) is 6.87. The third kappa shape index (κ3) is 1.81. The van der Waals surface area contributed by atoms with E-state index in [1.54, 1.807) is 0 Å². The van der Waals surface area contributed by atoms with E-state index < -0.39 is 0 Å². The van der Waals surface area contributed by atoms with Gasteiger partial charge in [0, 0.05) is 16.6 Å². The van der Waals surface area contributed by atoms with E-state index in [2.05, 4.69) is 36.4 Å². The molecule has 2 heteroatoms. The molecule has 98 valence electrons. The van der Waals surface area contributed by atoms with Crippen molar-refractivity contribution in [2.45, 2.75) is 12.8 Å². The molecule has 0 bridgehead atoms. The smallest absolute Gasteiger partial charge is 0.135 e. The molecule has 0 amide bonds. The van der Waals surface area contributed by atoms with Crippen LogP contribution in [0.25, 0.3) is 28.4 Å². The summed E-state index contributed by atoms with van der Waals surface area (Å²) in [5.74, 6) is 0.927. The molecule has 1 aliphatic carbocycles. The molecule has 0 saturated heterocycles. The van der Waals surface area contributed by atoms with E-state index in [1.165, 1.54) is 11.1 Å². The van der Waals surface area contributed by atoms with E-state index in [1.807, 2.05) is 18.2 Å². The Morgan fingerprint density at radius 2 is 1.85 bits per heavy atom. The predicted molar refractivity (Wildman–Crippen MR) is 82.1 cm³/mol. The van der Waals surface area contributed by atoms with Gasteiger partial charge in [-0.1, -0.05) is 30.3 Å². The molecule has 2 aromatic carbocycles. The summed E-state index contributed by atoms with van der Waals surface area (Å²) in [6, 6.07) is 16.7. The van der Waals surface area contributed by atoms with Crippen molar-refractivity contribution in [3.8, 4) is 11.3 Å². The van der Waals surface area contributed by atoms with Crippen LogP contribution in [0, 0.1) is 0 Å². The molecule has 2 N–H and O–H groups in total. The van der Waals surface area contributed by atoms with Crippen LogP contribution in [0.3, 0.4) is 0 Å². The highest BCUT2D eigenvalue weighted by molar-refractivity contribution is 5.83. The maximum absolute atomic E-state index is 5.93. The first kappa shape index (κ1) is 11.4. The zero-order valence-electron chi connectivity index (χ0n) is 11.1. The molecule has 4 rings (SSSR count). The average Bonchev–Trinajstić information content (AvgIpc) is 2.90. The molecule has 1 aromatic heterocycles. The van der Waals surface area contributed by atoms with E-state index in [0.717, 1.165) is 40.8 Å². The lowest BCUT2D eigenvalue weighted by Crippen LogP contribution is -2.05. The van der Waals surface area contributed by atoms with Gasteiger partial charge in [0.25, 0.3) is 0 Å². The normalized spacial score (nSPS) is 14.1. The van der Waals surface area contributed by atoms with Crippen molar-refractivity contribution in [2.24, 2.45) is 5.73 Å². The van der Waals surface area contributed by atoms with Gasteiger partial charge in [0.1, 0.15) is 11.3 Å². The lowest BCUT2D eigenvalue weighted by atomic mass is 9.93. The summed E-state index contributed by atoms with van der Waals surface area (Å²) >= 11 is 0. The number of rotatable bonds is 1. The molecule has 20 heavy (non-hydrogen) atoms. The lowest BCUT2D eigenvalue weighted by Gasteiger charge is -2.14. The van der Waals surface area contributed by atoms with Gasteiger partial charge in [0.05, 0.1) is 0 Å². The van der Waals surface area contributed by atoms with Crippen molar-refractivity contribution in [3.05, 3.63) is 65.4 Å². The molecule has 0 radical (unpaired) electrons. The maximum atomic E-state index is 5.93. The van der Waals surface area contributed by atoms with Gasteiger partial charge in [-0.25, -0.2) is 0 Å². The number of fused-ring (bicyclic) bond motifs is 2. The summed E-state index contributed by atoms with van der Waals surface area (Å²) in [5.41, 5.74) is 11.5. The van der Waals surface area contributed by atoms with Crippen LogP contribution in [0.15, 0.2) is 58.6 Å². The second-order valence-corrected chi connectivity index (χ2v) is 5.28. The van der Waals surface area contributed by atoms with Crippen molar-refractivity contribution < 1.29 is 4.42 Å². The summed E-state index contributed by atoms with van der Waals surface area (Å²) in [6.07, 6.45) is 4.02. The van der Waals surface area contributed by atoms with Gasteiger partial charge < -0.3 is 10.2 Å². The fourth-order valence-corrected chi connectivity index (χ4v) is 2.79. The first-order valence-corrected chi connectivity index (χ1v) is 6.87. The minimum absolute atomic E-state index is 0.927. The molecule has 0 unspecified atom stereocenters. The molecular formula is C18H15NO. The number of benzene rings is 2. The third-order valence-electron chi connectivity index (χ3n) is 3.88. The Hall–Kier alpha value is -2.48. The van der Waals surface area contributed by atoms with Crippen LogP contribution >= 0.6 is 0 Å². The fraction of sp³-hybridized carbons (Fsp3) is 0.111. The third-order valence-corrected chi connectivity index (χ3v) is 3.88. The molecule has 0 spiro atoms. The maximum Gasteiger partial charge on any atom is 0.135 e. The Morgan fingerprint density at radius 1 is 0.950 bits per heavy atom. The van der Waals surface area contributed by atoms with Crippen LogP contribution < -0.4 is 5.73 Å². The van der Waals surface area contributed by atoms with Gasteiger partial charge in [-0.05, 0) is 48.2 Å². The van der Waals surface area contributed by atoms with Crippen molar-refractivity contribution in [3.63, 3.8) is 0 Å². The van der Waals surface area contributed by atoms with Crippen molar-refractivity contribution in [1.29, 1.82) is 0 Å². The Morgan fingerprint density at radius 3 is 2.75 bits per heavy atom. The van der Waals surface area contributed by atoms with Crippen LogP contribution in [0.5, 0.6) is 0 Å². The van der Waals surface area contributed by atoms with Crippen LogP contribution in [0.2, 0.25) is 0 Å². The summed E-state index contributed by atoms with van der Waals surface area (Å²) < 4.78 is 5.93. The van der Waals surface area contributed by atoms with Crippen molar-refractivity contribution >= 4 is 17.0 Å². The molecule has 0 atom stereocenters. The molecule has 2 nitrogen and oxygen atoms in total. The largest absolute Gasteiger partial charge is 0.456 e. The standard InChI is InChI=1S/C18H15NO/c19-16-8-7-12-9-15(6-5-13(12)10-16)18-11-14-3-1-2-4-17(14)20-18/h1-6,9-11H,7-8,19H2. The molecule has 1 heterocycles. The molecule has 1 aliphatic rings. The van der Waals surface area contributed by atoms with Crippen LogP contribution in [0.1, 0.15) is 17.5 Å². The minimum Gasteiger partial charge on any atom is -0.456 e. The molecule has 0 saturated carbocycles. The van der Waals surface area contributed by atoms with Gasteiger partial charge >= 0.3 is 0 Å². The highest BCUT2D eigenvalue weighted by atomic mass is 16.3. The van der Waals surface area contributed by atoms with Gasteiger partial charge in [-0.2, -0.15) is 0 Å². The zero-order chi connectivity index (χ0) is 13.5. The zero-order valence-corrected chi connectivity index (χ0v) is 11.1. The molecule has 0 fully saturated rings. The van der Waals surface area contributed by atoms with Gasteiger partial charge in [-0.3, -0.25) is 0 Å². The van der Waals surface area contributed by atoms with E-state index in [9.17, 15) is 0 Å². The number of aryl methyl sites for hydroxylation is 1. The van der Waals surface area contributed by atoms with Crippen LogP contribution in [0.4, 0.5) is 0 Å². The lowest BCUT2D eigenvalue weighted by molar-refractivity contribution is 0.631. The molecule has 3 aromatic rings. The first-order chi connectivity index (χ1) is 9.79. The highest BCUT2D eigenvalue weighted by Gasteiger charge is 2.11. The second kappa shape index (κ2) is 4.27. The van der Waals surface area contributed by atoms with E-state index in [0.29, 0.717) is 0 Å². The van der Waals surface area contributed by atoms with Crippen molar-refractivity contribution in [2.75, 3.05) is 0 Å². The summed E-state index contributed by atoms with van der Waals surface area (Å²) in [7, 11) is 0. The summed E-state index contributed by atoms with van der Waals surface area (Å²) in [5, 5.41) is 1.14. The van der Waals surface area contributed by atoms with Gasteiger partial charge in [0.2, 0.25) is 0 Å². The number of hydrogen-bond acceptors (Lipinski definition) is 2. The van der Waals surface area contributed by atoms with Gasteiger partial charge in [0.15, 0.2) is 0 Å². The number of nitrogens with two attached hydrogens (primary N) is 1. The highest BCUT2D eigenvalue weighted by Crippen LogP contribution is 2.31. The van der Waals surface area contributed by atoms with Crippen LogP contribution in [-0.2, 0) is 6.42 Å². The average molecular weight is 261 g/mol. The number of hydrogen-bond donors (Lipinski definition) is 1. The Balaban J connectivity index is 1.83. The number of furan rings is 1. The Kier molecular flexibility index (Phi) is 2.43. The van der Waals surface area contributed by atoms with E-state index >= 15 is 0 Å². The van der Waals surface area contributed by atoms with E-state index in [-0.39, 0.29) is 0 Å². The fourth-order valence-electron chi connectivity index (χ4n) is 2.79. The topological polar surface area (TPSA) is 39.2 Å². The van der Waals surface area contributed by atoms with Crippen molar-refractivity contribution in [1.82, 2.24) is 0 Å². The number of allylic oxidation sites excluding steroid dienone is 1. The second-order valence-electron chi connectivity index (χ2n) is 5.28. The SMILES string of the molecule is NC1=Cc2ccc(-c3cc4ccccc4o3)cc2CC1. The predicted octanol–water partition coefficient (Wildman–Crippen LogP) is 4.35. The monoisotopic (exact) mass is 261 g/mol. The quantitative estimate of drug-likeness (QED) is 0.707. The Labute approximate surface area is 117 Å². The minimum atomic E-state index is 0.927. The summed E-state index contributed by atoms with van der Waals surface area (Å²) in [4.78, 5) is 0. The number of para-hydroxylation sites is 1. The summed E-state index contributed by atoms with van der Waals surface area (Å²) in [6.45, 7) is 0. The molecular weight excluding hydrogens is 246 g/mol. The van der Waals surface area contributed by atoms with Gasteiger partial charge in [-0.15, -0.1) is 0 Å². The molecule has 0 aliphatic heterocycles. The van der Waals surface area contributed by atoms with Crippen LogP contribution in [-0.4, -0.2) is 0 Å².